The van der Waals surface area contributed by atoms with Crippen LogP contribution in [0.5, 0.6) is 0 Å². The maximum absolute atomic E-state index is 13.4. The number of fused-ring (bicyclic) bond motifs is 1. The Bertz CT molecular complexity index is 701. The quantitative estimate of drug-likeness (QED) is 0.898. The Hall–Kier alpha value is -1.88. The van der Waals surface area contributed by atoms with E-state index in [1.54, 1.807) is 4.90 Å². The van der Waals surface area contributed by atoms with Crippen molar-refractivity contribution in [1.82, 2.24) is 4.90 Å². The van der Waals surface area contributed by atoms with Gasteiger partial charge in [0.25, 0.3) is 5.91 Å². The molecule has 1 N–H and O–H groups in total. The van der Waals surface area contributed by atoms with Crippen molar-refractivity contribution in [3.8, 4) is 0 Å². The Morgan fingerprint density at radius 1 is 1.27 bits per heavy atom. The van der Waals surface area contributed by atoms with Crippen LogP contribution in [0.15, 0.2) is 24.3 Å². The van der Waals surface area contributed by atoms with Gasteiger partial charge in [-0.1, -0.05) is 45.7 Å². The van der Waals surface area contributed by atoms with Crippen LogP contribution in [0.4, 0.5) is 11.4 Å². The molecular weight excluding hydrogens is 326 g/mol. The van der Waals surface area contributed by atoms with E-state index < -0.39 is 5.54 Å². The van der Waals surface area contributed by atoms with Crippen LogP contribution >= 0.6 is 0 Å². The highest BCUT2D eigenvalue weighted by atomic mass is 16.2. The number of rotatable bonds is 3. The Morgan fingerprint density at radius 2 is 1.88 bits per heavy atom. The summed E-state index contributed by atoms with van der Waals surface area (Å²) in [4.78, 5) is 30.3. The zero-order valence-electron chi connectivity index (χ0n) is 16.6. The average Bonchev–Trinajstić information content (AvgIpc) is 3.04. The average molecular weight is 357 g/mol. The molecular formula is C21H31N3O2. The first-order valence-corrected chi connectivity index (χ1v) is 9.60. The number of nitrogens with one attached hydrogen (secondary N) is 1. The van der Waals surface area contributed by atoms with E-state index in [1.807, 2.05) is 31.3 Å². The number of likely N-dealkylation sites (N-methyl/N-ethyl adjacent to an activating group) is 1. The van der Waals surface area contributed by atoms with Crippen molar-refractivity contribution in [2.45, 2.75) is 65.0 Å². The summed E-state index contributed by atoms with van der Waals surface area (Å²) >= 11 is 0. The molecule has 1 saturated carbocycles. The third kappa shape index (κ3) is 3.13. The molecule has 1 spiro atoms. The maximum atomic E-state index is 13.4. The number of nitrogens with zero attached hydrogens (tertiary/aromatic N) is 2. The maximum Gasteiger partial charge on any atom is 0.250 e. The highest BCUT2D eigenvalue weighted by Gasteiger charge is 2.52. The second kappa shape index (κ2) is 6.69. The number of hydrogen-bond acceptors (Lipinski definition) is 3. The van der Waals surface area contributed by atoms with Crippen molar-refractivity contribution in [2.24, 2.45) is 5.41 Å². The molecule has 1 aliphatic heterocycles. The molecule has 5 nitrogen and oxygen atoms in total. The van der Waals surface area contributed by atoms with Gasteiger partial charge in [0.05, 0.1) is 17.9 Å². The van der Waals surface area contributed by atoms with Crippen molar-refractivity contribution in [2.75, 3.05) is 23.8 Å². The molecule has 1 aromatic rings. The highest BCUT2D eigenvalue weighted by Crippen LogP contribution is 2.45. The predicted octanol–water partition coefficient (Wildman–Crippen LogP) is 3.65. The number of carbonyl (C=O) groups excluding carboxylic acids is 2. The summed E-state index contributed by atoms with van der Waals surface area (Å²) in [5, 5.41) is 3.03. The molecule has 1 fully saturated rings. The fourth-order valence-electron chi connectivity index (χ4n) is 4.21. The molecule has 0 saturated heterocycles. The van der Waals surface area contributed by atoms with Gasteiger partial charge in [-0.2, -0.15) is 0 Å². The molecule has 3 rings (SSSR count). The van der Waals surface area contributed by atoms with Crippen LogP contribution < -0.4 is 10.2 Å². The second-order valence-corrected chi connectivity index (χ2v) is 8.90. The molecule has 0 aromatic heterocycles. The minimum absolute atomic E-state index is 0.00722. The number of anilines is 2. The van der Waals surface area contributed by atoms with Gasteiger partial charge in [-0.25, -0.2) is 0 Å². The van der Waals surface area contributed by atoms with E-state index in [0.29, 0.717) is 6.54 Å². The molecule has 1 aromatic carbocycles. The minimum atomic E-state index is -0.725. The van der Waals surface area contributed by atoms with Gasteiger partial charge < -0.3 is 5.32 Å². The molecule has 0 radical (unpaired) electrons. The lowest BCUT2D eigenvalue weighted by atomic mass is 9.87. The van der Waals surface area contributed by atoms with Gasteiger partial charge in [-0.3, -0.25) is 19.4 Å². The lowest BCUT2D eigenvalue weighted by Crippen LogP contribution is -2.62. The van der Waals surface area contributed by atoms with Gasteiger partial charge in [-0.15, -0.1) is 0 Å². The Kier molecular flexibility index (Phi) is 4.86. The normalized spacial score (nSPS) is 20.2. The summed E-state index contributed by atoms with van der Waals surface area (Å²) in [5.41, 5.74) is 0.917. The van der Waals surface area contributed by atoms with Crippen LogP contribution in [0.1, 0.15) is 53.4 Å². The fourth-order valence-corrected chi connectivity index (χ4v) is 4.21. The summed E-state index contributed by atoms with van der Waals surface area (Å²) in [6.07, 6.45) is 3.43. The van der Waals surface area contributed by atoms with E-state index in [0.717, 1.165) is 37.1 Å². The molecule has 26 heavy (non-hydrogen) atoms. The standard InChI is InChI=1S/C21H31N3O2/c1-15(20(2,3)4)23(5)14-18(25)24-17-11-7-6-10-16(17)22-19(26)21(24)12-8-9-13-21/h6-7,10-11,15H,8-9,12-14H2,1-5H3,(H,22,26). The lowest BCUT2D eigenvalue weighted by Gasteiger charge is -2.45. The van der Waals surface area contributed by atoms with E-state index in [-0.39, 0.29) is 23.3 Å². The zero-order valence-corrected chi connectivity index (χ0v) is 16.6. The van der Waals surface area contributed by atoms with Crippen LogP contribution in [0.25, 0.3) is 0 Å². The molecule has 5 heteroatoms. The van der Waals surface area contributed by atoms with Gasteiger partial charge in [-0.05, 0) is 44.4 Å². The van der Waals surface area contributed by atoms with Crippen molar-refractivity contribution < 1.29 is 9.59 Å². The van der Waals surface area contributed by atoms with E-state index in [1.165, 1.54) is 0 Å². The molecule has 1 aliphatic carbocycles. The molecule has 0 bridgehead atoms. The summed E-state index contributed by atoms with van der Waals surface area (Å²) in [7, 11) is 1.99. The van der Waals surface area contributed by atoms with Crippen LogP contribution in [0.2, 0.25) is 0 Å². The van der Waals surface area contributed by atoms with Crippen LogP contribution in [0, 0.1) is 5.41 Å². The zero-order chi connectivity index (χ0) is 19.1. The van der Waals surface area contributed by atoms with Gasteiger partial charge in [0.2, 0.25) is 5.91 Å². The number of amides is 2. The predicted molar refractivity (Wildman–Crippen MR) is 105 cm³/mol. The first-order valence-electron chi connectivity index (χ1n) is 9.60. The van der Waals surface area contributed by atoms with E-state index in [9.17, 15) is 9.59 Å². The van der Waals surface area contributed by atoms with Crippen LogP contribution in [0.3, 0.4) is 0 Å². The molecule has 1 atom stereocenters. The molecule has 2 aliphatic rings. The summed E-state index contributed by atoms with van der Waals surface area (Å²) in [5.74, 6) is -0.0265. The Morgan fingerprint density at radius 3 is 2.50 bits per heavy atom. The van der Waals surface area contributed by atoms with E-state index >= 15 is 0 Å². The van der Waals surface area contributed by atoms with Gasteiger partial charge >= 0.3 is 0 Å². The fraction of sp³-hybridized carbons (Fsp3) is 0.619. The number of benzene rings is 1. The number of hydrogen-bond donors (Lipinski definition) is 1. The molecule has 2 amide bonds. The van der Waals surface area contributed by atoms with Crippen molar-refractivity contribution in [3.05, 3.63) is 24.3 Å². The molecule has 142 valence electrons. The summed E-state index contributed by atoms with van der Waals surface area (Å²) < 4.78 is 0. The largest absolute Gasteiger partial charge is 0.322 e. The SMILES string of the molecule is CC(N(C)CC(=O)N1c2ccccc2NC(=O)C12CCCC2)C(C)(C)C. The third-order valence-electron chi connectivity index (χ3n) is 6.22. The topological polar surface area (TPSA) is 52.7 Å². The Labute approximate surface area is 156 Å². The van der Waals surface area contributed by atoms with Gasteiger partial charge in [0, 0.05) is 6.04 Å². The van der Waals surface area contributed by atoms with Crippen LogP contribution in [-0.2, 0) is 9.59 Å². The summed E-state index contributed by atoms with van der Waals surface area (Å²) in [6.45, 7) is 9.00. The monoisotopic (exact) mass is 357 g/mol. The van der Waals surface area contributed by atoms with Crippen molar-refractivity contribution in [3.63, 3.8) is 0 Å². The molecule has 1 heterocycles. The number of carbonyl (C=O) groups is 2. The minimum Gasteiger partial charge on any atom is -0.322 e. The van der Waals surface area contributed by atoms with Gasteiger partial charge in [0.15, 0.2) is 0 Å². The number of para-hydroxylation sites is 2. The third-order valence-corrected chi connectivity index (χ3v) is 6.22. The molecule has 1 unspecified atom stereocenters. The smallest absolute Gasteiger partial charge is 0.250 e. The first-order chi connectivity index (χ1) is 12.2. The van der Waals surface area contributed by atoms with Crippen LogP contribution in [-0.4, -0.2) is 41.9 Å². The van der Waals surface area contributed by atoms with E-state index in [2.05, 4.69) is 37.9 Å². The highest BCUT2D eigenvalue weighted by molar-refractivity contribution is 6.15. The first kappa shape index (κ1) is 18.9. The Balaban J connectivity index is 1.94. The summed E-state index contributed by atoms with van der Waals surface area (Å²) in [6, 6.07) is 7.89. The lowest BCUT2D eigenvalue weighted by molar-refractivity contribution is -0.128. The van der Waals surface area contributed by atoms with Gasteiger partial charge in [0.1, 0.15) is 5.54 Å². The van der Waals surface area contributed by atoms with Crippen molar-refractivity contribution in [1.29, 1.82) is 0 Å². The second-order valence-electron chi connectivity index (χ2n) is 8.90. The van der Waals surface area contributed by atoms with E-state index in [4.69, 9.17) is 0 Å². The van der Waals surface area contributed by atoms with Crippen molar-refractivity contribution >= 4 is 23.2 Å².